The molecule has 0 aliphatic heterocycles. The van der Waals surface area contributed by atoms with Gasteiger partial charge in [-0.1, -0.05) is 78.9 Å². The van der Waals surface area contributed by atoms with Crippen LogP contribution < -0.4 is 0 Å². The topological polar surface area (TPSA) is 57.4 Å². The van der Waals surface area contributed by atoms with Crippen LogP contribution in [0.15, 0.2) is 152 Å². The van der Waals surface area contributed by atoms with Crippen molar-refractivity contribution < 1.29 is 13.2 Å². The lowest BCUT2D eigenvalue weighted by Gasteiger charge is -2.20. The van der Waals surface area contributed by atoms with Crippen LogP contribution in [0.3, 0.4) is 0 Å². The molecule has 0 aliphatic rings. The lowest BCUT2D eigenvalue weighted by molar-refractivity contribution is -0.137. The highest BCUT2D eigenvalue weighted by Gasteiger charge is 2.35. The molecular weight excluding hydrogens is 790 g/mol. The van der Waals surface area contributed by atoms with Gasteiger partial charge in [-0.3, -0.25) is 0 Å². The van der Waals surface area contributed by atoms with E-state index in [1.165, 1.54) is 12.1 Å². The smallest absolute Gasteiger partial charge is 0.308 e. The summed E-state index contributed by atoms with van der Waals surface area (Å²) in [7, 11) is 0. The second-order valence-corrected chi connectivity index (χ2v) is 17.1. The van der Waals surface area contributed by atoms with Crippen LogP contribution in [0.4, 0.5) is 13.2 Å². The van der Waals surface area contributed by atoms with Crippen molar-refractivity contribution in [2.75, 3.05) is 0 Å². The van der Waals surface area contributed by atoms with Crippen LogP contribution in [0.25, 0.3) is 106 Å². The first kappa shape index (κ1) is 34.6. The van der Waals surface area contributed by atoms with Gasteiger partial charge in [-0.15, -0.1) is 22.7 Å². The van der Waals surface area contributed by atoms with Crippen LogP contribution in [-0.2, 0) is 6.18 Å². The van der Waals surface area contributed by atoms with Gasteiger partial charge in [0.15, 0.2) is 0 Å². The molecule has 0 fully saturated rings. The molecule has 0 bridgehead atoms. The number of nitrogens with zero attached hydrogens (tertiary/aromatic N) is 4. The van der Waals surface area contributed by atoms with Gasteiger partial charge in [0, 0.05) is 61.9 Å². The molecule has 0 spiro atoms. The van der Waals surface area contributed by atoms with Crippen LogP contribution >= 0.6 is 22.7 Å². The van der Waals surface area contributed by atoms with Crippen molar-refractivity contribution >= 4 is 107 Å². The third-order valence-corrected chi connectivity index (χ3v) is 14.1. The second kappa shape index (κ2) is 12.5. The highest BCUT2D eigenvalue weighted by Crippen LogP contribution is 2.48. The van der Waals surface area contributed by atoms with E-state index in [-0.39, 0.29) is 16.7 Å². The van der Waals surface area contributed by atoms with Crippen molar-refractivity contribution in [2.45, 2.75) is 6.18 Å². The second-order valence-electron chi connectivity index (χ2n) is 14.9. The molecule has 0 atom stereocenters. The van der Waals surface area contributed by atoms with Gasteiger partial charge in [0.05, 0.1) is 50.6 Å². The summed E-state index contributed by atoms with van der Waals surface area (Å²) >= 11 is 3.43. The van der Waals surface area contributed by atoms with Gasteiger partial charge in [-0.25, -0.2) is 0 Å². The van der Waals surface area contributed by atoms with Gasteiger partial charge in [0.2, 0.25) is 0 Å². The third kappa shape index (κ3) is 4.76. The number of rotatable bonds is 3. The van der Waals surface area contributed by atoms with E-state index in [9.17, 15) is 10.5 Å². The first-order valence-corrected chi connectivity index (χ1v) is 20.8. The minimum Gasteiger partial charge on any atom is -0.308 e. The molecule has 0 saturated carbocycles. The van der Waals surface area contributed by atoms with E-state index in [1.54, 1.807) is 34.8 Å². The summed E-state index contributed by atoms with van der Waals surface area (Å²) in [5.74, 6) is 0. The van der Waals surface area contributed by atoms with Crippen molar-refractivity contribution in [2.24, 2.45) is 0 Å². The Morgan fingerprint density at radius 2 is 0.933 bits per heavy atom. The quantitative estimate of drug-likeness (QED) is 0.178. The maximum Gasteiger partial charge on any atom is 0.417 e. The average molecular weight is 815 g/mol. The van der Waals surface area contributed by atoms with Gasteiger partial charge < -0.3 is 9.13 Å². The molecule has 12 aromatic rings. The number of nitriles is 2. The highest BCUT2D eigenvalue weighted by atomic mass is 32.1. The molecular formula is C51H25F3N4S2. The molecule has 8 aromatic carbocycles. The Kier molecular flexibility index (Phi) is 7.23. The number of benzene rings is 8. The van der Waals surface area contributed by atoms with E-state index in [0.717, 1.165) is 90.0 Å². The molecule has 0 saturated heterocycles. The lowest BCUT2D eigenvalue weighted by Crippen LogP contribution is -2.09. The Bertz CT molecular complexity index is 3710. The van der Waals surface area contributed by atoms with Gasteiger partial charge in [-0.05, 0) is 83.9 Å². The Morgan fingerprint density at radius 3 is 1.42 bits per heavy atom. The standard InChI is InChI=1S/C51H25F3N4S2/c52-51(53,54)36-23-28(26-55)17-18-30(36)29-24-41(57-37-13-5-1-9-31(37)47-39(57)19-21-45-49(47)33-11-3-7-15-43(33)59-45)35(27-56)42(25-29)58-38-14-6-2-10-32(38)48-40(58)20-22-46-50(48)34-12-4-8-16-44(34)60-46/h1-25H. The number of para-hydroxylation sites is 2. The van der Waals surface area contributed by atoms with E-state index in [0.29, 0.717) is 16.9 Å². The van der Waals surface area contributed by atoms with Crippen LogP contribution in [0, 0.1) is 22.7 Å². The summed E-state index contributed by atoms with van der Waals surface area (Å²) in [5, 5.41) is 29.5. The number of fused-ring (bicyclic) bond motifs is 14. The Labute approximate surface area is 347 Å². The number of aromatic nitrogens is 2. The fraction of sp³-hybridized carbons (Fsp3) is 0.0196. The summed E-state index contributed by atoms with van der Waals surface area (Å²) in [6.45, 7) is 0. The van der Waals surface area contributed by atoms with Crippen molar-refractivity contribution in [1.82, 2.24) is 9.13 Å². The molecule has 0 unspecified atom stereocenters. The first-order chi connectivity index (χ1) is 29.3. The van der Waals surface area contributed by atoms with E-state index in [4.69, 9.17) is 0 Å². The van der Waals surface area contributed by atoms with Crippen molar-refractivity contribution in [3.63, 3.8) is 0 Å². The normalized spacial score (nSPS) is 12.2. The third-order valence-electron chi connectivity index (χ3n) is 11.8. The number of hydrogen-bond acceptors (Lipinski definition) is 4. The minimum absolute atomic E-state index is 0.0903. The zero-order chi connectivity index (χ0) is 40.4. The Hall–Kier alpha value is -7.43. The summed E-state index contributed by atoms with van der Waals surface area (Å²) in [4.78, 5) is 0. The van der Waals surface area contributed by atoms with Crippen LogP contribution in [0.2, 0.25) is 0 Å². The predicted molar refractivity (Wildman–Crippen MR) is 241 cm³/mol. The number of hydrogen-bond donors (Lipinski definition) is 0. The Morgan fingerprint density at radius 1 is 0.450 bits per heavy atom. The molecule has 0 amide bonds. The number of thiophene rings is 2. The fourth-order valence-electron chi connectivity index (χ4n) is 9.40. The molecule has 0 aliphatic carbocycles. The van der Waals surface area contributed by atoms with Gasteiger partial charge >= 0.3 is 6.18 Å². The average Bonchev–Trinajstić information content (AvgIpc) is 4.02. The van der Waals surface area contributed by atoms with Crippen molar-refractivity contribution in [1.29, 1.82) is 10.5 Å². The molecule has 0 radical (unpaired) electrons. The summed E-state index contributed by atoms with van der Waals surface area (Å²) in [6.07, 6.45) is -4.77. The Balaban J connectivity index is 1.28. The highest BCUT2D eigenvalue weighted by molar-refractivity contribution is 7.26. The van der Waals surface area contributed by atoms with Gasteiger partial charge in [0.1, 0.15) is 11.6 Å². The van der Waals surface area contributed by atoms with Crippen LogP contribution in [0.5, 0.6) is 0 Å². The molecule has 282 valence electrons. The van der Waals surface area contributed by atoms with Crippen molar-refractivity contribution in [3.8, 4) is 34.6 Å². The zero-order valence-corrected chi connectivity index (χ0v) is 32.8. The maximum atomic E-state index is 15.1. The summed E-state index contributed by atoms with van der Waals surface area (Å²) < 4.78 is 53.9. The van der Waals surface area contributed by atoms with E-state index < -0.39 is 11.7 Å². The molecule has 0 N–H and O–H groups in total. The largest absolute Gasteiger partial charge is 0.417 e. The zero-order valence-electron chi connectivity index (χ0n) is 31.2. The van der Waals surface area contributed by atoms with E-state index in [2.05, 4.69) is 66.7 Å². The first-order valence-electron chi connectivity index (χ1n) is 19.2. The number of alkyl halides is 3. The summed E-state index contributed by atoms with van der Waals surface area (Å²) in [6, 6.07) is 52.5. The van der Waals surface area contributed by atoms with E-state index in [1.807, 2.05) is 75.9 Å². The number of halogens is 3. The van der Waals surface area contributed by atoms with Gasteiger partial charge in [-0.2, -0.15) is 23.7 Å². The van der Waals surface area contributed by atoms with E-state index >= 15 is 13.2 Å². The fourth-order valence-corrected chi connectivity index (χ4v) is 11.6. The molecule has 4 nitrogen and oxygen atoms in total. The van der Waals surface area contributed by atoms with Crippen molar-refractivity contribution in [3.05, 3.63) is 168 Å². The molecule has 4 aromatic heterocycles. The predicted octanol–water partition coefficient (Wildman–Crippen LogP) is 15.0. The maximum absolute atomic E-state index is 15.1. The molecule has 12 rings (SSSR count). The molecule has 9 heteroatoms. The monoisotopic (exact) mass is 814 g/mol. The SMILES string of the molecule is N#Cc1ccc(-c2cc(-n3c4ccccc4c4c5c(ccc43)sc3ccccc35)c(C#N)c(-n3c4ccccc4c4c5c(ccc43)sc3ccccc35)c2)c(C(F)(F)F)c1. The lowest BCUT2D eigenvalue weighted by atomic mass is 9.94. The van der Waals surface area contributed by atoms with Crippen LogP contribution in [-0.4, -0.2) is 9.13 Å². The molecule has 60 heavy (non-hydrogen) atoms. The molecule has 4 heterocycles. The van der Waals surface area contributed by atoms with Crippen LogP contribution in [0.1, 0.15) is 16.7 Å². The van der Waals surface area contributed by atoms with Gasteiger partial charge in [0.25, 0.3) is 0 Å². The summed E-state index contributed by atoms with van der Waals surface area (Å²) in [5.41, 5.74) is 3.64. The minimum atomic E-state index is -4.77.